The van der Waals surface area contributed by atoms with Gasteiger partial charge in [-0.15, -0.1) is 0 Å². The zero-order chi connectivity index (χ0) is 19.7. The Bertz CT molecular complexity index is 455. The van der Waals surface area contributed by atoms with E-state index in [4.69, 9.17) is 6.48 Å². The number of aliphatic hydroxyl groups excluding tert-OH is 1. The molecule has 25 heavy (non-hydrogen) atoms. The first-order valence-electron chi connectivity index (χ1n) is 8.62. The summed E-state index contributed by atoms with van der Waals surface area (Å²) >= 11 is 0. The van der Waals surface area contributed by atoms with Crippen molar-refractivity contribution < 1.29 is 36.6 Å². The third kappa shape index (κ3) is 13.5. The van der Waals surface area contributed by atoms with Gasteiger partial charge >= 0.3 is 0 Å². The molecule has 2 fully saturated rings. The Hall–Kier alpha value is -0.410. The molecule has 0 aromatic heterocycles. The molecule has 0 aromatic carbocycles. The molecule has 0 amide bonds. The monoisotopic (exact) mass is 397 g/mol. The van der Waals surface area contributed by atoms with Crippen LogP contribution in [0.15, 0.2) is 0 Å². The molecule has 9 heteroatoms. The van der Waals surface area contributed by atoms with Crippen molar-refractivity contribution in [1.29, 1.82) is 0 Å². The Balaban J connectivity index is 0. The Morgan fingerprint density at radius 1 is 1.00 bits per heavy atom. The highest BCUT2D eigenvalue weighted by Gasteiger charge is 2.36. The van der Waals surface area contributed by atoms with E-state index < -0.39 is 34.2 Å². The first-order valence-corrected chi connectivity index (χ1v) is 9.73. The first-order chi connectivity index (χ1) is 11.3. The zero-order valence-electron chi connectivity index (χ0n) is 15.1. The Kier molecular flexibility index (Phi) is 11.1. The molecule has 0 bridgehead atoms. The smallest absolute Gasteiger partial charge is 0.264 e. The van der Waals surface area contributed by atoms with Crippen LogP contribution in [0.25, 0.3) is 0 Å². The molecular weight excluding hydrogens is 364 g/mol. The normalized spacial score (nSPS) is 23.7. The third-order valence-electron chi connectivity index (χ3n) is 3.66. The van der Waals surface area contributed by atoms with Gasteiger partial charge in [0.25, 0.3) is 10.1 Å². The van der Waals surface area contributed by atoms with Gasteiger partial charge < -0.3 is 5.11 Å². The maximum absolute atomic E-state index is 12.6. The van der Waals surface area contributed by atoms with Crippen LogP contribution in [0.4, 0.5) is 17.6 Å². The van der Waals surface area contributed by atoms with Crippen LogP contribution < -0.4 is 0 Å². The van der Waals surface area contributed by atoms with Gasteiger partial charge in [0.1, 0.15) is 0 Å². The van der Waals surface area contributed by atoms with Crippen molar-refractivity contribution in [2.45, 2.75) is 96.7 Å². The highest BCUT2D eigenvalue weighted by atomic mass is 32.2. The maximum Gasteiger partial charge on any atom is 0.264 e. The van der Waals surface area contributed by atoms with Gasteiger partial charge in [0, 0.05) is 27.1 Å². The summed E-state index contributed by atoms with van der Waals surface area (Å²) in [6, 6.07) is 0. The van der Waals surface area contributed by atoms with Crippen molar-refractivity contribution in [1.82, 2.24) is 0 Å². The summed E-state index contributed by atoms with van der Waals surface area (Å²) in [5.41, 5.74) is 0. The van der Waals surface area contributed by atoms with Crippen molar-refractivity contribution in [2.75, 3.05) is 6.26 Å². The predicted molar refractivity (Wildman–Crippen MR) is 90.6 cm³/mol. The third-order valence-corrected chi connectivity index (χ3v) is 4.28. The van der Waals surface area contributed by atoms with Gasteiger partial charge in [-0.1, -0.05) is 21.3 Å². The summed E-state index contributed by atoms with van der Waals surface area (Å²) in [4.78, 5) is 0. The van der Waals surface area contributed by atoms with Gasteiger partial charge in [-0.3, -0.25) is 4.18 Å². The lowest BCUT2D eigenvalue weighted by Crippen LogP contribution is -2.30. The molecule has 154 valence electrons. The molecule has 0 heterocycles. The average molecular weight is 397 g/mol. The quantitative estimate of drug-likeness (QED) is 0.539. The molecule has 4 nitrogen and oxygen atoms in total. The topological polar surface area (TPSA) is 63.6 Å². The lowest BCUT2D eigenvalue weighted by atomic mass is 9.94. The Morgan fingerprint density at radius 3 is 1.60 bits per heavy atom. The van der Waals surface area contributed by atoms with Crippen molar-refractivity contribution in [2.24, 2.45) is 0 Å². The van der Waals surface area contributed by atoms with Crippen LogP contribution in [0, 0.1) is 0 Å². The summed E-state index contributed by atoms with van der Waals surface area (Å²) in [5, 5.41) is 8.81. The molecule has 0 spiro atoms. The van der Waals surface area contributed by atoms with E-state index in [0.717, 1.165) is 6.26 Å². The van der Waals surface area contributed by atoms with Crippen LogP contribution in [0.3, 0.4) is 0 Å². The summed E-state index contributed by atoms with van der Waals surface area (Å²) in [5.74, 6) is -5.14. The van der Waals surface area contributed by atoms with Gasteiger partial charge in [0.05, 0.1) is 18.5 Å². The van der Waals surface area contributed by atoms with E-state index in [2.05, 4.69) is 4.18 Å². The van der Waals surface area contributed by atoms with Gasteiger partial charge in [0.2, 0.25) is 11.8 Å². The molecule has 0 unspecified atom stereocenters. The van der Waals surface area contributed by atoms with E-state index in [1.54, 1.807) is 6.92 Å². The van der Waals surface area contributed by atoms with Crippen LogP contribution in [-0.4, -0.2) is 43.8 Å². The number of halogens is 4. The predicted octanol–water partition coefficient (Wildman–Crippen LogP) is 4.76. The standard InChI is InChI=1S/C7H12F2O3S.C6H10F2O.C2H6.CH4/c1-13(10,11)12-6-2-4-7(8,9)5-3-6;7-6(8)3-1-5(9)2-4-6;1-2;/h6H,2-5H2,1H3;5,9H,1-4H2;1-2H3;1H4/i;;1D;. The van der Waals surface area contributed by atoms with Crippen LogP contribution in [-0.2, 0) is 14.3 Å². The number of alkyl halides is 4. The minimum atomic E-state index is -3.51. The van der Waals surface area contributed by atoms with E-state index in [1.807, 2.05) is 0 Å². The lowest BCUT2D eigenvalue weighted by molar-refractivity contribution is -0.0630. The van der Waals surface area contributed by atoms with Crippen LogP contribution in [0.1, 0.15) is 74.0 Å². The number of rotatable bonds is 2. The fraction of sp³-hybridized carbons (Fsp3) is 1.00. The second kappa shape index (κ2) is 11.3. The minimum absolute atomic E-state index is 0. The summed E-state index contributed by atoms with van der Waals surface area (Å²) in [6.07, 6.45) is -0.234. The van der Waals surface area contributed by atoms with E-state index >= 15 is 0 Å². The highest BCUT2D eigenvalue weighted by molar-refractivity contribution is 7.86. The fourth-order valence-electron chi connectivity index (χ4n) is 2.38. The minimum Gasteiger partial charge on any atom is -0.393 e. The van der Waals surface area contributed by atoms with Crippen molar-refractivity contribution in [3.63, 3.8) is 0 Å². The van der Waals surface area contributed by atoms with E-state index in [9.17, 15) is 26.0 Å². The molecule has 1 N–H and O–H groups in total. The van der Waals surface area contributed by atoms with Crippen molar-refractivity contribution >= 4 is 10.1 Å². The second-order valence-electron chi connectivity index (χ2n) is 5.94. The van der Waals surface area contributed by atoms with Crippen molar-refractivity contribution in [3.8, 4) is 0 Å². The molecule has 0 radical (unpaired) electrons. The average Bonchev–Trinajstić information content (AvgIpc) is 2.45. The summed E-state index contributed by atoms with van der Waals surface area (Å²) < 4.78 is 81.9. The Labute approximate surface area is 150 Å². The fourth-order valence-corrected chi connectivity index (χ4v) is 3.07. The number of hydrogen-bond acceptors (Lipinski definition) is 4. The summed E-state index contributed by atoms with van der Waals surface area (Å²) in [7, 11) is -3.51. The van der Waals surface area contributed by atoms with Gasteiger partial charge in [-0.05, 0) is 25.7 Å². The maximum atomic E-state index is 12.6. The van der Waals surface area contributed by atoms with Gasteiger partial charge in [0.15, 0.2) is 0 Å². The van der Waals surface area contributed by atoms with E-state index in [1.165, 1.54) is 0 Å². The first kappa shape index (κ1) is 24.6. The SMILES string of the molecule is C.CS(=O)(=O)OC1CCC(F)(F)CC1.OC1CCC(F)(F)CC1.[2H]CC. The van der Waals surface area contributed by atoms with Gasteiger partial charge in [-0.25, -0.2) is 17.6 Å². The Morgan fingerprint density at radius 2 is 1.32 bits per heavy atom. The van der Waals surface area contributed by atoms with Crippen LogP contribution in [0.2, 0.25) is 0 Å². The number of aliphatic hydroxyl groups is 1. The van der Waals surface area contributed by atoms with E-state index in [-0.39, 0.29) is 58.8 Å². The highest BCUT2D eigenvalue weighted by Crippen LogP contribution is 2.34. The zero-order valence-corrected chi connectivity index (χ0v) is 14.9. The molecule has 2 saturated carbocycles. The molecule has 0 aliphatic heterocycles. The van der Waals surface area contributed by atoms with Gasteiger partial charge in [-0.2, -0.15) is 8.42 Å². The largest absolute Gasteiger partial charge is 0.393 e. The molecule has 2 aliphatic rings. The molecule has 0 aromatic rings. The van der Waals surface area contributed by atoms with Crippen LogP contribution in [0.5, 0.6) is 0 Å². The molecule has 2 aliphatic carbocycles. The second-order valence-corrected chi connectivity index (χ2v) is 7.54. The van der Waals surface area contributed by atoms with Crippen molar-refractivity contribution in [3.05, 3.63) is 0 Å². The molecule has 0 atom stereocenters. The molecule has 2 rings (SSSR count). The molecular formula is C16H32F4O4S. The van der Waals surface area contributed by atoms with E-state index in [0.29, 0.717) is 6.90 Å². The molecule has 0 saturated heterocycles. The number of hydrogen-bond donors (Lipinski definition) is 1. The van der Waals surface area contributed by atoms with Crippen LogP contribution >= 0.6 is 0 Å². The summed E-state index contributed by atoms with van der Waals surface area (Å²) in [6.45, 7) is 2.29. The lowest BCUT2D eigenvalue weighted by Gasteiger charge is -2.27.